The fourth-order valence-corrected chi connectivity index (χ4v) is 3.10. The lowest BCUT2D eigenvalue weighted by molar-refractivity contribution is -0.124. The molecule has 21 heavy (non-hydrogen) atoms. The average molecular weight is 311 g/mol. The predicted molar refractivity (Wildman–Crippen MR) is 80.1 cm³/mol. The molecule has 7 heteroatoms. The highest BCUT2D eigenvalue weighted by atomic mass is 32.2. The molecule has 2 N–H and O–H groups in total. The van der Waals surface area contributed by atoms with Crippen molar-refractivity contribution in [2.75, 3.05) is 27.2 Å². The molecule has 2 rings (SSSR count). The molecule has 0 bridgehead atoms. The summed E-state index contributed by atoms with van der Waals surface area (Å²) in [7, 11) is -0.402. The second kappa shape index (κ2) is 6.55. The Morgan fingerprint density at radius 2 is 2.00 bits per heavy atom. The van der Waals surface area contributed by atoms with Crippen LogP contribution in [-0.4, -0.2) is 45.8 Å². The molecule has 1 aromatic rings. The van der Waals surface area contributed by atoms with E-state index in [1.165, 1.54) is 18.4 Å². The lowest BCUT2D eigenvalue weighted by Gasteiger charge is -2.12. The summed E-state index contributed by atoms with van der Waals surface area (Å²) < 4.78 is 25.0. The Labute approximate surface area is 125 Å². The zero-order valence-electron chi connectivity index (χ0n) is 12.3. The Morgan fingerprint density at radius 1 is 1.33 bits per heavy atom. The Hall–Kier alpha value is -1.44. The van der Waals surface area contributed by atoms with E-state index in [1.54, 1.807) is 24.3 Å². The van der Waals surface area contributed by atoms with Gasteiger partial charge >= 0.3 is 0 Å². The van der Waals surface area contributed by atoms with E-state index >= 15 is 0 Å². The minimum Gasteiger partial charge on any atom is -0.352 e. The second-order valence-electron chi connectivity index (χ2n) is 5.34. The van der Waals surface area contributed by atoms with Crippen molar-refractivity contribution in [3.63, 3.8) is 0 Å². The van der Waals surface area contributed by atoms with Crippen molar-refractivity contribution < 1.29 is 13.2 Å². The minimum absolute atomic E-state index is 0.0402. The maximum atomic E-state index is 11.9. The van der Waals surface area contributed by atoms with Gasteiger partial charge in [-0.15, -0.1) is 0 Å². The molecule has 1 unspecified atom stereocenters. The Bertz CT molecular complexity index is 590. The molecule has 1 aromatic carbocycles. The lowest BCUT2D eigenvalue weighted by Crippen LogP contribution is -2.31. The number of hydrogen-bond donors (Lipinski definition) is 2. The maximum absolute atomic E-state index is 11.9. The highest BCUT2D eigenvalue weighted by Gasteiger charge is 2.22. The van der Waals surface area contributed by atoms with Crippen LogP contribution in [0.25, 0.3) is 0 Å². The Kier molecular flexibility index (Phi) is 4.97. The van der Waals surface area contributed by atoms with Gasteiger partial charge in [0.15, 0.2) is 0 Å². The quantitative estimate of drug-likeness (QED) is 0.812. The summed E-state index contributed by atoms with van der Waals surface area (Å²) in [4.78, 5) is 12.1. The third-order valence-corrected chi connectivity index (χ3v) is 5.43. The van der Waals surface area contributed by atoms with E-state index in [0.29, 0.717) is 6.54 Å². The van der Waals surface area contributed by atoms with E-state index in [-0.39, 0.29) is 16.7 Å². The molecule has 1 aliphatic heterocycles. The fourth-order valence-electron chi connectivity index (χ4n) is 2.20. The molecular weight excluding hydrogens is 290 g/mol. The van der Waals surface area contributed by atoms with Crippen LogP contribution in [0.15, 0.2) is 29.2 Å². The minimum atomic E-state index is -3.40. The van der Waals surface area contributed by atoms with Crippen LogP contribution in [0.1, 0.15) is 12.0 Å². The third-order valence-electron chi connectivity index (χ3n) is 3.60. The van der Waals surface area contributed by atoms with Crippen LogP contribution in [0.4, 0.5) is 0 Å². The van der Waals surface area contributed by atoms with E-state index in [0.717, 1.165) is 25.1 Å². The Balaban J connectivity index is 1.95. The average Bonchev–Trinajstić information content (AvgIpc) is 2.99. The van der Waals surface area contributed by atoms with E-state index in [2.05, 4.69) is 10.6 Å². The van der Waals surface area contributed by atoms with Gasteiger partial charge in [-0.25, -0.2) is 12.7 Å². The summed E-state index contributed by atoms with van der Waals surface area (Å²) in [6, 6.07) is 6.58. The van der Waals surface area contributed by atoms with Crippen LogP contribution in [0.2, 0.25) is 0 Å². The molecule has 0 spiro atoms. The number of rotatable bonds is 5. The monoisotopic (exact) mass is 311 g/mol. The first-order chi connectivity index (χ1) is 9.91. The molecule has 1 amide bonds. The van der Waals surface area contributed by atoms with Gasteiger partial charge in [-0.05, 0) is 30.7 Å². The van der Waals surface area contributed by atoms with Gasteiger partial charge in [-0.3, -0.25) is 4.79 Å². The van der Waals surface area contributed by atoms with E-state index < -0.39 is 10.0 Å². The summed E-state index contributed by atoms with van der Waals surface area (Å²) in [6.07, 6.45) is 0.867. The van der Waals surface area contributed by atoms with Crippen LogP contribution in [0.3, 0.4) is 0 Å². The predicted octanol–water partition coefficient (Wildman–Crippen LogP) is 0.163. The van der Waals surface area contributed by atoms with Crippen LogP contribution < -0.4 is 10.6 Å². The normalized spacial score (nSPS) is 18.9. The first-order valence-corrected chi connectivity index (χ1v) is 8.35. The third kappa shape index (κ3) is 3.81. The van der Waals surface area contributed by atoms with E-state index in [9.17, 15) is 13.2 Å². The highest BCUT2D eigenvalue weighted by molar-refractivity contribution is 7.89. The van der Waals surface area contributed by atoms with Gasteiger partial charge in [0.2, 0.25) is 15.9 Å². The van der Waals surface area contributed by atoms with Crippen molar-refractivity contribution in [2.24, 2.45) is 5.92 Å². The summed E-state index contributed by atoms with van der Waals surface area (Å²) in [6.45, 7) is 2.03. The van der Waals surface area contributed by atoms with Gasteiger partial charge in [0.25, 0.3) is 0 Å². The zero-order chi connectivity index (χ0) is 15.5. The van der Waals surface area contributed by atoms with Crippen molar-refractivity contribution in [3.8, 4) is 0 Å². The number of hydrogen-bond acceptors (Lipinski definition) is 4. The fraction of sp³-hybridized carbons (Fsp3) is 0.500. The molecule has 0 aliphatic carbocycles. The Morgan fingerprint density at radius 3 is 2.52 bits per heavy atom. The van der Waals surface area contributed by atoms with Gasteiger partial charge in [0.05, 0.1) is 10.8 Å². The van der Waals surface area contributed by atoms with Crippen molar-refractivity contribution >= 4 is 15.9 Å². The topological polar surface area (TPSA) is 78.5 Å². The summed E-state index contributed by atoms with van der Waals surface area (Å²) in [5.41, 5.74) is 0.881. The van der Waals surface area contributed by atoms with Crippen molar-refractivity contribution in [1.82, 2.24) is 14.9 Å². The molecule has 0 aromatic heterocycles. The number of sulfonamides is 1. The molecule has 6 nitrogen and oxygen atoms in total. The first-order valence-electron chi connectivity index (χ1n) is 6.91. The number of carbonyl (C=O) groups is 1. The molecule has 116 valence electrons. The molecule has 1 fully saturated rings. The molecule has 0 saturated carbocycles. The van der Waals surface area contributed by atoms with Crippen molar-refractivity contribution in [3.05, 3.63) is 29.8 Å². The number of nitrogens with zero attached hydrogens (tertiary/aromatic N) is 1. The molecule has 0 radical (unpaired) electrons. The second-order valence-corrected chi connectivity index (χ2v) is 7.49. The van der Waals surface area contributed by atoms with Crippen LogP contribution in [0.5, 0.6) is 0 Å². The van der Waals surface area contributed by atoms with Crippen molar-refractivity contribution in [1.29, 1.82) is 0 Å². The van der Waals surface area contributed by atoms with E-state index in [4.69, 9.17) is 0 Å². The van der Waals surface area contributed by atoms with Gasteiger partial charge in [0.1, 0.15) is 0 Å². The highest BCUT2D eigenvalue weighted by Crippen LogP contribution is 2.14. The van der Waals surface area contributed by atoms with Crippen LogP contribution in [-0.2, 0) is 21.4 Å². The smallest absolute Gasteiger partial charge is 0.242 e. The molecule has 1 atom stereocenters. The first kappa shape index (κ1) is 15.9. The number of carbonyl (C=O) groups excluding carboxylic acids is 1. The van der Waals surface area contributed by atoms with Crippen LogP contribution in [0, 0.1) is 5.92 Å². The van der Waals surface area contributed by atoms with Gasteiger partial charge in [-0.1, -0.05) is 12.1 Å². The molecule has 1 saturated heterocycles. The molecular formula is C14H21N3O3S. The lowest BCUT2D eigenvalue weighted by atomic mass is 10.1. The zero-order valence-corrected chi connectivity index (χ0v) is 13.1. The maximum Gasteiger partial charge on any atom is 0.242 e. The number of benzene rings is 1. The van der Waals surface area contributed by atoms with Gasteiger partial charge in [0, 0.05) is 27.2 Å². The van der Waals surface area contributed by atoms with Crippen LogP contribution >= 0.6 is 0 Å². The summed E-state index contributed by atoms with van der Waals surface area (Å²) in [5.74, 6) is 0.0865. The molecule has 1 heterocycles. The summed E-state index contributed by atoms with van der Waals surface area (Å²) in [5, 5.41) is 6.04. The van der Waals surface area contributed by atoms with Gasteiger partial charge in [-0.2, -0.15) is 0 Å². The standard InChI is InChI=1S/C14H21N3O3S/c1-17(2)21(19,20)13-5-3-11(4-6-13)9-16-14(18)12-7-8-15-10-12/h3-6,12,15H,7-10H2,1-2H3,(H,16,18). The molecule has 1 aliphatic rings. The number of nitrogens with one attached hydrogen (secondary N) is 2. The van der Waals surface area contributed by atoms with E-state index in [1.807, 2.05) is 0 Å². The largest absolute Gasteiger partial charge is 0.352 e. The number of amides is 1. The van der Waals surface area contributed by atoms with Crippen molar-refractivity contribution in [2.45, 2.75) is 17.9 Å². The van der Waals surface area contributed by atoms with Gasteiger partial charge < -0.3 is 10.6 Å². The SMILES string of the molecule is CN(C)S(=O)(=O)c1ccc(CNC(=O)C2CCNC2)cc1. The summed E-state index contributed by atoms with van der Waals surface area (Å²) >= 11 is 0.